The number of anilines is 1. The second-order valence-electron chi connectivity index (χ2n) is 8.19. The quantitative estimate of drug-likeness (QED) is 0.368. The molecule has 35 heavy (non-hydrogen) atoms. The minimum atomic E-state index is -3.41. The average Bonchev–Trinajstić information content (AvgIpc) is 2.81. The van der Waals surface area contributed by atoms with E-state index in [1.54, 1.807) is 12.1 Å². The molecular weight excluding hydrogens is 511 g/mol. The number of benzene rings is 2. The fourth-order valence-electron chi connectivity index (χ4n) is 3.29. The molecule has 0 aliphatic rings. The molecule has 8 nitrogen and oxygen atoms in total. The highest BCUT2D eigenvalue weighted by molar-refractivity contribution is 7.92. The van der Waals surface area contributed by atoms with Crippen molar-refractivity contribution >= 4 is 39.0 Å². The Morgan fingerprint density at radius 2 is 1.80 bits per heavy atom. The smallest absolute Gasteiger partial charge is 0.231 e. The minimum Gasteiger partial charge on any atom is -0.489 e. The topological polar surface area (TPSA) is 114 Å². The number of sulfonamides is 1. The number of hydrogen-bond donors (Lipinski definition) is 1. The first-order chi connectivity index (χ1) is 16.5. The van der Waals surface area contributed by atoms with E-state index in [2.05, 4.69) is 20.8 Å². The van der Waals surface area contributed by atoms with Crippen LogP contribution in [0.15, 0.2) is 48.8 Å². The van der Waals surface area contributed by atoms with Gasteiger partial charge in [0.05, 0.1) is 40.8 Å². The lowest BCUT2D eigenvalue weighted by Gasteiger charge is -2.27. The van der Waals surface area contributed by atoms with Gasteiger partial charge in [0.2, 0.25) is 10.0 Å². The van der Waals surface area contributed by atoms with Crippen molar-refractivity contribution in [3.63, 3.8) is 0 Å². The molecular formula is C24H24Cl2N4O4S. The average molecular weight is 535 g/mol. The molecule has 0 unspecified atom stereocenters. The SMILES string of the molecule is CC(C)(c1ccc(OCc2cnc(NS(C)(=O)=O)cn2)cc1)c1cc(Cl)c(OCCCl)c(C#N)c1. The van der Waals surface area contributed by atoms with Crippen LogP contribution in [0.2, 0.25) is 5.02 Å². The third-order valence-electron chi connectivity index (χ3n) is 5.17. The highest BCUT2D eigenvalue weighted by Gasteiger charge is 2.26. The first-order valence-electron chi connectivity index (χ1n) is 10.5. The summed E-state index contributed by atoms with van der Waals surface area (Å²) in [6.07, 6.45) is 3.82. The molecule has 2 aromatic carbocycles. The van der Waals surface area contributed by atoms with Crippen LogP contribution in [-0.2, 0) is 22.0 Å². The third-order valence-corrected chi connectivity index (χ3v) is 6.18. The molecule has 0 fully saturated rings. The lowest BCUT2D eigenvalue weighted by atomic mass is 9.77. The van der Waals surface area contributed by atoms with Gasteiger partial charge in [-0.2, -0.15) is 5.26 Å². The highest BCUT2D eigenvalue weighted by Crippen LogP contribution is 2.38. The molecule has 3 aromatic rings. The van der Waals surface area contributed by atoms with Crippen LogP contribution >= 0.6 is 23.2 Å². The molecule has 0 bridgehead atoms. The fraction of sp³-hybridized carbons (Fsp3) is 0.292. The lowest BCUT2D eigenvalue weighted by Crippen LogP contribution is -2.19. The monoisotopic (exact) mass is 534 g/mol. The van der Waals surface area contributed by atoms with E-state index in [4.69, 9.17) is 32.7 Å². The van der Waals surface area contributed by atoms with Crippen LogP contribution < -0.4 is 14.2 Å². The van der Waals surface area contributed by atoms with E-state index >= 15 is 0 Å². The summed E-state index contributed by atoms with van der Waals surface area (Å²) in [5.41, 5.74) is 2.31. The van der Waals surface area contributed by atoms with Crippen molar-refractivity contribution in [2.75, 3.05) is 23.5 Å². The van der Waals surface area contributed by atoms with Crippen molar-refractivity contribution in [2.24, 2.45) is 0 Å². The fourth-order valence-corrected chi connectivity index (χ4v) is 4.12. The number of ether oxygens (including phenoxy) is 2. The van der Waals surface area contributed by atoms with Crippen LogP contribution in [0.5, 0.6) is 11.5 Å². The molecule has 0 aliphatic carbocycles. The number of alkyl halides is 1. The molecule has 0 amide bonds. The zero-order valence-electron chi connectivity index (χ0n) is 19.4. The molecule has 0 saturated carbocycles. The summed E-state index contributed by atoms with van der Waals surface area (Å²) in [5.74, 6) is 1.40. The number of nitriles is 1. The zero-order chi connectivity index (χ0) is 25.6. The second-order valence-corrected chi connectivity index (χ2v) is 10.7. The van der Waals surface area contributed by atoms with Crippen LogP contribution in [0.3, 0.4) is 0 Å². The third kappa shape index (κ3) is 6.98. The van der Waals surface area contributed by atoms with Gasteiger partial charge in [-0.25, -0.2) is 13.4 Å². The van der Waals surface area contributed by atoms with Gasteiger partial charge in [0.1, 0.15) is 25.0 Å². The number of halogens is 2. The maximum atomic E-state index is 11.3. The number of aromatic nitrogens is 2. The summed E-state index contributed by atoms with van der Waals surface area (Å²) in [4.78, 5) is 8.17. The Labute approximate surface area is 214 Å². The minimum absolute atomic E-state index is 0.140. The van der Waals surface area contributed by atoms with Gasteiger partial charge in [0.15, 0.2) is 11.6 Å². The Balaban J connectivity index is 1.72. The van der Waals surface area contributed by atoms with E-state index < -0.39 is 15.4 Å². The van der Waals surface area contributed by atoms with Crippen molar-refractivity contribution in [1.82, 2.24) is 9.97 Å². The maximum absolute atomic E-state index is 11.3. The summed E-state index contributed by atoms with van der Waals surface area (Å²) in [5, 5.41) is 9.94. The van der Waals surface area contributed by atoms with E-state index in [1.165, 1.54) is 12.4 Å². The van der Waals surface area contributed by atoms with E-state index in [0.717, 1.165) is 17.4 Å². The molecule has 184 valence electrons. The van der Waals surface area contributed by atoms with Gasteiger partial charge in [0, 0.05) is 5.41 Å². The number of hydrogen-bond acceptors (Lipinski definition) is 7. The van der Waals surface area contributed by atoms with Gasteiger partial charge in [-0.1, -0.05) is 37.6 Å². The molecule has 0 saturated heterocycles. The largest absolute Gasteiger partial charge is 0.489 e. The summed E-state index contributed by atoms with van der Waals surface area (Å²) in [6, 6.07) is 13.3. The highest BCUT2D eigenvalue weighted by atomic mass is 35.5. The van der Waals surface area contributed by atoms with Crippen molar-refractivity contribution in [3.05, 3.63) is 76.2 Å². The van der Waals surface area contributed by atoms with E-state index in [1.807, 2.05) is 38.1 Å². The lowest BCUT2D eigenvalue weighted by molar-refractivity contribution is 0.300. The van der Waals surface area contributed by atoms with Gasteiger partial charge in [-0.3, -0.25) is 9.71 Å². The number of nitrogens with one attached hydrogen (secondary N) is 1. The van der Waals surface area contributed by atoms with Crippen LogP contribution in [0, 0.1) is 11.3 Å². The molecule has 1 aromatic heterocycles. The predicted octanol–water partition coefficient (Wildman–Crippen LogP) is 4.90. The maximum Gasteiger partial charge on any atom is 0.231 e. The molecule has 0 aliphatic heterocycles. The van der Waals surface area contributed by atoms with Gasteiger partial charge in [0.25, 0.3) is 0 Å². The summed E-state index contributed by atoms with van der Waals surface area (Å²) < 4.78 is 36.1. The molecule has 11 heteroatoms. The van der Waals surface area contributed by atoms with Crippen molar-refractivity contribution < 1.29 is 17.9 Å². The summed E-state index contributed by atoms with van der Waals surface area (Å²) >= 11 is 12.1. The Kier molecular flexibility index (Phi) is 8.43. The van der Waals surface area contributed by atoms with E-state index in [9.17, 15) is 13.7 Å². The van der Waals surface area contributed by atoms with Crippen molar-refractivity contribution in [3.8, 4) is 17.6 Å². The zero-order valence-corrected chi connectivity index (χ0v) is 21.7. The van der Waals surface area contributed by atoms with Gasteiger partial charge < -0.3 is 9.47 Å². The van der Waals surface area contributed by atoms with Crippen molar-refractivity contribution in [1.29, 1.82) is 5.26 Å². The van der Waals surface area contributed by atoms with Crippen LogP contribution in [0.1, 0.15) is 36.2 Å². The summed E-state index contributed by atoms with van der Waals surface area (Å²) in [7, 11) is -3.41. The van der Waals surface area contributed by atoms with Gasteiger partial charge in [-0.15, -0.1) is 11.6 Å². The van der Waals surface area contributed by atoms with E-state index in [0.29, 0.717) is 33.7 Å². The Morgan fingerprint density at radius 3 is 2.37 bits per heavy atom. The van der Waals surface area contributed by atoms with E-state index in [-0.39, 0.29) is 19.0 Å². The first kappa shape index (κ1) is 26.5. The van der Waals surface area contributed by atoms with Crippen molar-refractivity contribution in [2.45, 2.75) is 25.9 Å². The van der Waals surface area contributed by atoms with Crippen LogP contribution in [0.4, 0.5) is 5.82 Å². The predicted molar refractivity (Wildman–Crippen MR) is 136 cm³/mol. The standard InChI is InChI=1S/C24H24Cl2N4O4S/c1-24(2,18-10-16(12-27)23(21(26)11-18)33-9-8-25)17-4-6-20(7-5-17)34-15-19-13-29-22(14-28-19)30-35(3,31)32/h4-7,10-11,13-14H,8-9,15H2,1-3H3,(H,29,30). The molecule has 3 rings (SSSR count). The molecule has 1 heterocycles. The summed E-state index contributed by atoms with van der Waals surface area (Å²) in [6.45, 7) is 4.50. The molecule has 0 spiro atoms. The number of rotatable bonds is 10. The Hall–Kier alpha value is -3.06. The van der Waals surface area contributed by atoms with Gasteiger partial charge >= 0.3 is 0 Å². The normalized spacial score (nSPS) is 11.5. The van der Waals surface area contributed by atoms with Gasteiger partial charge in [-0.05, 0) is 35.4 Å². The first-order valence-corrected chi connectivity index (χ1v) is 13.3. The Bertz CT molecular complexity index is 1320. The van der Waals surface area contributed by atoms with Crippen LogP contribution in [-0.4, -0.2) is 37.1 Å². The van der Waals surface area contributed by atoms with Crippen LogP contribution in [0.25, 0.3) is 0 Å². The second kappa shape index (κ2) is 11.1. The number of nitrogens with zero attached hydrogens (tertiary/aromatic N) is 3. The molecule has 1 N–H and O–H groups in total. The molecule has 0 radical (unpaired) electrons. The Morgan fingerprint density at radius 1 is 1.09 bits per heavy atom. The molecule has 0 atom stereocenters.